The van der Waals surface area contributed by atoms with E-state index in [9.17, 15) is 14.3 Å². The van der Waals surface area contributed by atoms with Gasteiger partial charge in [0.15, 0.2) is 0 Å². The van der Waals surface area contributed by atoms with E-state index in [4.69, 9.17) is 18.0 Å². The van der Waals surface area contributed by atoms with Gasteiger partial charge >= 0.3 is 0 Å². The Morgan fingerprint density at radius 1 is 1.56 bits per heavy atom. The second-order valence-corrected chi connectivity index (χ2v) is 4.38. The number of aromatic hydroxyl groups is 1. The van der Waals surface area contributed by atoms with E-state index in [0.29, 0.717) is 6.54 Å². The summed E-state index contributed by atoms with van der Waals surface area (Å²) in [5.74, 6) is -1.40. The van der Waals surface area contributed by atoms with Crippen molar-refractivity contribution in [2.45, 2.75) is 13.3 Å². The van der Waals surface area contributed by atoms with Crippen molar-refractivity contribution in [1.29, 1.82) is 0 Å². The third-order valence-electron chi connectivity index (χ3n) is 2.32. The molecule has 0 fully saturated rings. The highest BCUT2D eigenvalue weighted by Crippen LogP contribution is 2.20. The molecule has 0 atom stereocenters. The van der Waals surface area contributed by atoms with Crippen LogP contribution in [0.4, 0.5) is 4.39 Å². The number of amides is 1. The number of carbonyl (C=O) groups excluding carboxylic acids is 1. The van der Waals surface area contributed by atoms with Crippen LogP contribution in [0.1, 0.15) is 23.7 Å². The molecule has 0 saturated heterocycles. The number of rotatable bonds is 5. The first-order valence-corrected chi connectivity index (χ1v) is 5.92. The van der Waals surface area contributed by atoms with Gasteiger partial charge in [-0.1, -0.05) is 19.1 Å². The molecule has 0 unspecified atom stereocenters. The molecule has 1 aromatic rings. The molecule has 1 amide bonds. The molecule has 0 aliphatic carbocycles. The van der Waals surface area contributed by atoms with Crippen LogP contribution in [-0.4, -0.2) is 34.0 Å². The molecule has 1 rings (SSSR count). The highest BCUT2D eigenvalue weighted by atomic mass is 32.1. The van der Waals surface area contributed by atoms with Gasteiger partial charge in [0, 0.05) is 12.6 Å². The lowest BCUT2D eigenvalue weighted by Gasteiger charge is -2.21. The van der Waals surface area contributed by atoms with Gasteiger partial charge in [-0.2, -0.15) is 0 Å². The fraction of sp³-hybridized carbons (Fsp3) is 0.333. The molecule has 0 heterocycles. The minimum absolute atomic E-state index is 0.0427. The maximum Gasteiger partial charge on any atom is 0.257 e. The molecule has 1 aromatic carbocycles. The Labute approximate surface area is 110 Å². The summed E-state index contributed by atoms with van der Waals surface area (Å²) in [5, 5.41) is 9.56. The summed E-state index contributed by atoms with van der Waals surface area (Å²) in [6.45, 7) is 2.51. The molecule has 0 aliphatic rings. The van der Waals surface area contributed by atoms with Crippen LogP contribution < -0.4 is 5.73 Å². The first kappa shape index (κ1) is 14.4. The number of nitrogens with two attached hydrogens (primary N) is 1. The normalized spacial score (nSPS) is 10.1. The summed E-state index contributed by atoms with van der Waals surface area (Å²) in [4.78, 5) is 13.7. The van der Waals surface area contributed by atoms with Gasteiger partial charge in [0.2, 0.25) is 0 Å². The van der Waals surface area contributed by atoms with Crippen molar-refractivity contribution in [2.75, 3.05) is 13.1 Å². The fourth-order valence-electron chi connectivity index (χ4n) is 1.57. The van der Waals surface area contributed by atoms with E-state index < -0.39 is 11.7 Å². The Bertz CT molecular complexity index is 465. The van der Waals surface area contributed by atoms with E-state index in [-0.39, 0.29) is 22.8 Å². The minimum atomic E-state index is -0.597. The first-order valence-electron chi connectivity index (χ1n) is 5.51. The van der Waals surface area contributed by atoms with Gasteiger partial charge in [0.05, 0.1) is 17.1 Å². The Kier molecular flexibility index (Phi) is 5.03. The van der Waals surface area contributed by atoms with E-state index >= 15 is 0 Å². The summed E-state index contributed by atoms with van der Waals surface area (Å²) < 4.78 is 12.8. The van der Waals surface area contributed by atoms with Crippen LogP contribution in [0.15, 0.2) is 18.2 Å². The van der Waals surface area contributed by atoms with Crippen LogP contribution in [0.5, 0.6) is 5.75 Å². The van der Waals surface area contributed by atoms with Crippen molar-refractivity contribution in [3.63, 3.8) is 0 Å². The molecule has 0 saturated carbocycles. The molecular weight excluding hydrogens is 255 g/mol. The van der Waals surface area contributed by atoms with Crippen LogP contribution in [-0.2, 0) is 0 Å². The van der Waals surface area contributed by atoms with E-state index in [1.54, 1.807) is 0 Å². The van der Waals surface area contributed by atoms with Gasteiger partial charge in [-0.15, -0.1) is 0 Å². The molecule has 0 bridgehead atoms. The van der Waals surface area contributed by atoms with Crippen LogP contribution >= 0.6 is 12.2 Å². The van der Waals surface area contributed by atoms with Crippen molar-refractivity contribution in [2.24, 2.45) is 5.73 Å². The van der Waals surface area contributed by atoms with Gasteiger partial charge < -0.3 is 15.7 Å². The Balaban J connectivity index is 2.97. The fourth-order valence-corrected chi connectivity index (χ4v) is 1.72. The zero-order valence-corrected chi connectivity index (χ0v) is 10.8. The first-order chi connectivity index (χ1) is 8.45. The van der Waals surface area contributed by atoms with E-state index in [1.165, 1.54) is 11.0 Å². The summed E-state index contributed by atoms with van der Waals surface area (Å²) in [6, 6.07) is 3.27. The zero-order valence-electron chi connectivity index (χ0n) is 10.0. The molecule has 98 valence electrons. The number of nitrogens with zero attached hydrogens (tertiary/aromatic N) is 1. The largest absolute Gasteiger partial charge is 0.507 e. The maximum absolute atomic E-state index is 12.8. The quantitative estimate of drug-likeness (QED) is 0.799. The van der Waals surface area contributed by atoms with E-state index in [0.717, 1.165) is 18.6 Å². The number of thiocarbonyl (C=S) groups is 1. The predicted octanol–water partition coefficient (Wildman–Crippen LogP) is 1.67. The smallest absolute Gasteiger partial charge is 0.257 e. The number of phenols is 1. The predicted molar refractivity (Wildman–Crippen MR) is 71.0 cm³/mol. The van der Waals surface area contributed by atoms with Crippen molar-refractivity contribution < 1.29 is 14.3 Å². The lowest BCUT2D eigenvalue weighted by Crippen LogP contribution is -2.38. The average molecular weight is 270 g/mol. The number of phenolic OH excluding ortho intramolecular Hbond substituents is 1. The average Bonchev–Trinajstić information content (AvgIpc) is 2.27. The molecule has 18 heavy (non-hydrogen) atoms. The third-order valence-corrected chi connectivity index (χ3v) is 2.45. The standard InChI is InChI=1S/C12H15FN2O2S/c1-2-5-15(7-11(14)18)12(17)9-4-3-8(13)6-10(9)16/h3-4,6,16H,2,5,7H2,1H3,(H2,14,18). The summed E-state index contributed by atoms with van der Waals surface area (Å²) in [5.41, 5.74) is 5.46. The second kappa shape index (κ2) is 6.30. The minimum Gasteiger partial charge on any atom is -0.507 e. The number of hydrogen-bond acceptors (Lipinski definition) is 3. The third kappa shape index (κ3) is 3.66. The topological polar surface area (TPSA) is 66.6 Å². The van der Waals surface area contributed by atoms with Gasteiger partial charge in [0.25, 0.3) is 5.91 Å². The SMILES string of the molecule is CCCN(CC(N)=S)C(=O)c1ccc(F)cc1O. The zero-order chi connectivity index (χ0) is 13.7. The number of carbonyl (C=O) groups is 1. The van der Waals surface area contributed by atoms with Crippen molar-refractivity contribution in [1.82, 2.24) is 4.90 Å². The Morgan fingerprint density at radius 2 is 2.22 bits per heavy atom. The van der Waals surface area contributed by atoms with Crippen LogP contribution in [0, 0.1) is 5.82 Å². The molecule has 3 N–H and O–H groups in total. The number of hydrogen-bond donors (Lipinski definition) is 2. The Morgan fingerprint density at radius 3 is 2.72 bits per heavy atom. The Hall–Kier alpha value is -1.69. The second-order valence-electron chi connectivity index (χ2n) is 3.85. The maximum atomic E-state index is 12.8. The molecule has 6 heteroatoms. The lowest BCUT2D eigenvalue weighted by molar-refractivity contribution is 0.0777. The van der Waals surface area contributed by atoms with Crippen LogP contribution in [0.25, 0.3) is 0 Å². The van der Waals surface area contributed by atoms with E-state index in [2.05, 4.69) is 0 Å². The number of benzene rings is 1. The highest BCUT2D eigenvalue weighted by molar-refractivity contribution is 7.80. The molecule has 0 aromatic heterocycles. The van der Waals surface area contributed by atoms with Crippen molar-refractivity contribution in [3.8, 4) is 5.75 Å². The van der Waals surface area contributed by atoms with Gasteiger partial charge in [-0.25, -0.2) is 4.39 Å². The lowest BCUT2D eigenvalue weighted by atomic mass is 10.1. The van der Waals surface area contributed by atoms with Gasteiger partial charge in [-0.3, -0.25) is 4.79 Å². The number of halogens is 1. The molecule has 0 spiro atoms. The molecule has 0 aliphatic heterocycles. The van der Waals surface area contributed by atoms with Crippen LogP contribution in [0.2, 0.25) is 0 Å². The summed E-state index contributed by atoms with van der Waals surface area (Å²) in [7, 11) is 0. The van der Waals surface area contributed by atoms with Crippen LogP contribution in [0.3, 0.4) is 0 Å². The van der Waals surface area contributed by atoms with Gasteiger partial charge in [-0.05, 0) is 18.6 Å². The summed E-state index contributed by atoms with van der Waals surface area (Å²) in [6.07, 6.45) is 0.732. The molecular formula is C12H15FN2O2S. The van der Waals surface area contributed by atoms with Crippen molar-refractivity contribution in [3.05, 3.63) is 29.6 Å². The monoisotopic (exact) mass is 270 g/mol. The summed E-state index contributed by atoms with van der Waals surface area (Å²) >= 11 is 4.77. The molecule has 0 radical (unpaired) electrons. The molecule has 4 nitrogen and oxygen atoms in total. The van der Waals surface area contributed by atoms with Crippen molar-refractivity contribution >= 4 is 23.1 Å². The van der Waals surface area contributed by atoms with Gasteiger partial charge in [0.1, 0.15) is 11.6 Å². The highest BCUT2D eigenvalue weighted by Gasteiger charge is 2.19. The van der Waals surface area contributed by atoms with E-state index in [1.807, 2.05) is 6.92 Å².